The van der Waals surface area contributed by atoms with E-state index in [9.17, 15) is 14.7 Å². The molecular formula is C22H19ClN4O3. The van der Waals surface area contributed by atoms with Crippen molar-refractivity contribution >= 4 is 28.7 Å². The van der Waals surface area contributed by atoms with Crippen molar-refractivity contribution in [1.82, 2.24) is 14.2 Å². The Balaban J connectivity index is 1.69. The van der Waals surface area contributed by atoms with Crippen LogP contribution in [0.1, 0.15) is 11.1 Å². The van der Waals surface area contributed by atoms with Crippen molar-refractivity contribution < 1.29 is 9.90 Å². The van der Waals surface area contributed by atoms with Crippen molar-refractivity contribution in [2.24, 2.45) is 0 Å². The first-order valence-electron chi connectivity index (χ1n) is 9.31. The summed E-state index contributed by atoms with van der Waals surface area (Å²) >= 11 is 6.00. The van der Waals surface area contributed by atoms with E-state index in [1.165, 1.54) is 15.3 Å². The van der Waals surface area contributed by atoms with Crippen LogP contribution < -0.4 is 10.9 Å². The maximum atomic E-state index is 13.1. The molecule has 0 atom stereocenters. The number of hydrogen-bond donors (Lipinski definition) is 2. The van der Waals surface area contributed by atoms with E-state index in [4.69, 9.17) is 11.6 Å². The Labute approximate surface area is 177 Å². The van der Waals surface area contributed by atoms with Gasteiger partial charge in [-0.1, -0.05) is 48.0 Å². The second-order valence-electron chi connectivity index (χ2n) is 6.88. The number of rotatable bonds is 5. The molecular weight excluding hydrogens is 404 g/mol. The maximum Gasteiger partial charge on any atom is 0.277 e. The molecule has 4 aromatic rings. The third-order valence-corrected chi connectivity index (χ3v) is 5.09. The smallest absolute Gasteiger partial charge is 0.277 e. The van der Waals surface area contributed by atoms with Gasteiger partial charge in [0.15, 0.2) is 0 Å². The number of aliphatic hydroxyl groups is 1. The Morgan fingerprint density at radius 1 is 1.17 bits per heavy atom. The second-order valence-corrected chi connectivity index (χ2v) is 7.32. The molecule has 2 heterocycles. The molecule has 0 unspecified atom stereocenters. The van der Waals surface area contributed by atoms with Gasteiger partial charge >= 0.3 is 0 Å². The van der Waals surface area contributed by atoms with Crippen LogP contribution in [0.5, 0.6) is 0 Å². The van der Waals surface area contributed by atoms with Crippen molar-refractivity contribution in [2.75, 3.05) is 5.32 Å². The molecule has 152 valence electrons. The molecule has 30 heavy (non-hydrogen) atoms. The van der Waals surface area contributed by atoms with Crippen LogP contribution in [0.25, 0.3) is 16.8 Å². The average Bonchev–Trinajstić information content (AvgIpc) is 3.13. The fraction of sp³-hybridized carbons (Fsp3) is 0.136. The van der Waals surface area contributed by atoms with Crippen LogP contribution in [0.3, 0.4) is 0 Å². The summed E-state index contributed by atoms with van der Waals surface area (Å²) in [7, 11) is 0. The Kier molecular flexibility index (Phi) is 5.39. The van der Waals surface area contributed by atoms with Gasteiger partial charge in [-0.3, -0.25) is 9.59 Å². The summed E-state index contributed by atoms with van der Waals surface area (Å²) in [6.45, 7) is 1.33. The first kappa shape index (κ1) is 19.9. The zero-order valence-electron chi connectivity index (χ0n) is 16.2. The number of benzene rings is 2. The van der Waals surface area contributed by atoms with Crippen molar-refractivity contribution in [1.29, 1.82) is 0 Å². The second kappa shape index (κ2) is 8.14. The molecule has 2 N–H and O–H groups in total. The van der Waals surface area contributed by atoms with Crippen LogP contribution in [-0.4, -0.2) is 25.2 Å². The van der Waals surface area contributed by atoms with Gasteiger partial charge in [0.2, 0.25) is 5.91 Å². The number of halogens is 1. The number of carbonyl (C=O) groups is 1. The molecule has 0 bridgehead atoms. The standard InChI is InChI=1S/C22H19ClN4O3/c1-14-7-8-16(23)11-18(14)24-19(29)12-26-9-10-27-21(22(26)30)17(13-28)20(25-27)15-5-3-2-4-6-15/h2-11,28H,12-13H2,1H3,(H,24,29). The molecule has 0 spiro atoms. The Bertz CT molecular complexity index is 1300. The molecule has 0 aliphatic heterocycles. The lowest BCUT2D eigenvalue weighted by atomic mass is 10.1. The fourth-order valence-corrected chi connectivity index (χ4v) is 3.50. The van der Waals surface area contributed by atoms with E-state index in [0.29, 0.717) is 22.0 Å². The van der Waals surface area contributed by atoms with Gasteiger partial charge in [-0.2, -0.15) is 5.10 Å². The third kappa shape index (κ3) is 3.72. The average molecular weight is 423 g/mol. The van der Waals surface area contributed by atoms with E-state index in [2.05, 4.69) is 10.4 Å². The van der Waals surface area contributed by atoms with E-state index < -0.39 is 5.56 Å². The number of aliphatic hydroxyl groups excluding tert-OH is 1. The summed E-state index contributed by atoms with van der Waals surface area (Å²) in [5.74, 6) is -0.361. The predicted octanol–water partition coefficient (Wildman–Crippen LogP) is 3.26. The molecule has 8 heteroatoms. The number of nitrogens with one attached hydrogen (secondary N) is 1. The van der Waals surface area contributed by atoms with E-state index in [0.717, 1.165) is 11.1 Å². The highest BCUT2D eigenvalue weighted by Crippen LogP contribution is 2.24. The van der Waals surface area contributed by atoms with Crippen LogP contribution in [0, 0.1) is 6.92 Å². The van der Waals surface area contributed by atoms with Gasteiger partial charge in [-0.05, 0) is 24.6 Å². The number of amides is 1. The minimum atomic E-state index is -0.408. The molecule has 2 aromatic heterocycles. The first-order valence-corrected chi connectivity index (χ1v) is 9.68. The Morgan fingerprint density at radius 3 is 2.67 bits per heavy atom. The van der Waals surface area contributed by atoms with Crippen molar-refractivity contribution in [2.45, 2.75) is 20.1 Å². The van der Waals surface area contributed by atoms with Crippen molar-refractivity contribution in [3.05, 3.63) is 87.4 Å². The summed E-state index contributed by atoms with van der Waals surface area (Å²) in [6, 6.07) is 14.5. The van der Waals surface area contributed by atoms with E-state index in [1.54, 1.807) is 24.4 Å². The van der Waals surface area contributed by atoms with Crippen LogP contribution in [0.15, 0.2) is 65.7 Å². The summed E-state index contributed by atoms with van der Waals surface area (Å²) in [5, 5.41) is 17.7. The first-order chi connectivity index (χ1) is 14.5. The van der Waals surface area contributed by atoms with Crippen LogP contribution >= 0.6 is 11.6 Å². The quantitative estimate of drug-likeness (QED) is 0.516. The molecule has 2 aromatic carbocycles. The highest BCUT2D eigenvalue weighted by molar-refractivity contribution is 6.31. The number of carbonyl (C=O) groups excluding carboxylic acids is 1. The molecule has 0 fully saturated rings. The normalized spacial score (nSPS) is 11.0. The van der Waals surface area contributed by atoms with Gasteiger partial charge in [0.1, 0.15) is 12.1 Å². The SMILES string of the molecule is Cc1ccc(Cl)cc1NC(=O)Cn1ccn2nc(-c3ccccc3)c(CO)c2c1=O. The highest BCUT2D eigenvalue weighted by Gasteiger charge is 2.18. The zero-order chi connectivity index (χ0) is 21.3. The maximum absolute atomic E-state index is 13.1. The topological polar surface area (TPSA) is 88.6 Å². The van der Waals surface area contributed by atoms with Gasteiger partial charge in [-0.25, -0.2) is 4.52 Å². The number of aryl methyl sites for hydroxylation is 1. The Morgan fingerprint density at radius 2 is 1.93 bits per heavy atom. The number of hydrogen-bond acceptors (Lipinski definition) is 4. The van der Waals surface area contributed by atoms with Gasteiger partial charge in [0, 0.05) is 34.2 Å². The molecule has 0 aliphatic carbocycles. The largest absolute Gasteiger partial charge is 0.392 e. The molecule has 0 radical (unpaired) electrons. The summed E-state index contributed by atoms with van der Waals surface area (Å²) in [4.78, 5) is 25.6. The monoisotopic (exact) mass is 422 g/mol. The van der Waals surface area contributed by atoms with E-state index in [1.807, 2.05) is 37.3 Å². The van der Waals surface area contributed by atoms with E-state index >= 15 is 0 Å². The molecule has 0 aliphatic rings. The predicted molar refractivity (Wildman–Crippen MR) is 116 cm³/mol. The molecule has 4 rings (SSSR count). The lowest BCUT2D eigenvalue weighted by Gasteiger charge is -2.10. The van der Waals surface area contributed by atoms with Gasteiger partial charge in [-0.15, -0.1) is 0 Å². The lowest BCUT2D eigenvalue weighted by molar-refractivity contribution is -0.116. The number of anilines is 1. The minimum absolute atomic E-state index is 0.183. The van der Waals surface area contributed by atoms with Crippen LogP contribution in [-0.2, 0) is 17.9 Å². The number of nitrogens with zero attached hydrogens (tertiary/aromatic N) is 3. The third-order valence-electron chi connectivity index (χ3n) is 4.85. The van der Waals surface area contributed by atoms with Crippen molar-refractivity contribution in [3.8, 4) is 11.3 Å². The number of fused-ring (bicyclic) bond motifs is 1. The fourth-order valence-electron chi connectivity index (χ4n) is 3.33. The molecule has 7 nitrogen and oxygen atoms in total. The van der Waals surface area contributed by atoms with Gasteiger partial charge in [0.25, 0.3) is 5.56 Å². The molecule has 0 saturated carbocycles. The van der Waals surface area contributed by atoms with Gasteiger partial charge in [0.05, 0.1) is 12.3 Å². The highest BCUT2D eigenvalue weighted by atomic mass is 35.5. The minimum Gasteiger partial charge on any atom is -0.392 e. The van der Waals surface area contributed by atoms with Crippen molar-refractivity contribution in [3.63, 3.8) is 0 Å². The Hall–Kier alpha value is -3.42. The zero-order valence-corrected chi connectivity index (χ0v) is 16.9. The summed E-state index contributed by atoms with van der Waals surface area (Å²) in [5.41, 5.74) is 3.04. The number of aromatic nitrogens is 3. The molecule has 0 saturated heterocycles. The molecule has 1 amide bonds. The lowest BCUT2D eigenvalue weighted by Crippen LogP contribution is -2.28. The van der Waals surface area contributed by atoms with E-state index in [-0.39, 0.29) is 24.6 Å². The van der Waals surface area contributed by atoms with Crippen LogP contribution in [0.4, 0.5) is 5.69 Å². The summed E-state index contributed by atoms with van der Waals surface area (Å²) in [6.07, 6.45) is 3.10. The van der Waals surface area contributed by atoms with Crippen LogP contribution in [0.2, 0.25) is 5.02 Å². The summed E-state index contributed by atoms with van der Waals surface area (Å²) < 4.78 is 2.73. The van der Waals surface area contributed by atoms with Gasteiger partial charge < -0.3 is 15.0 Å².